The van der Waals surface area contributed by atoms with Crippen LogP contribution in [0.1, 0.15) is 32.1 Å². The number of amides is 1. The van der Waals surface area contributed by atoms with Gasteiger partial charge in [0.1, 0.15) is 5.75 Å². The third-order valence-corrected chi connectivity index (χ3v) is 4.89. The van der Waals surface area contributed by atoms with Gasteiger partial charge in [0, 0.05) is 29.6 Å². The van der Waals surface area contributed by atoms with Crippen LogP contribution in [0.2, 0.25) is 5.02 Å². The number of piperidine rings is 1. The Morgan fingerprint density at radius 1 is 1.27 bits per heavy atom. The van der Waals surface area contributed by atoms with Crippen molar-refractivity contribution in [2.45, 2.75) is 50.4 Å². The number of ether oxygens (including phenoxy) is 1. The van der Waals surface area contributed by atoms with Crippen LogP contribution in [-0.2, 0) is 4.79 Å². The molecule has 4 nitrogen and oxygen atoms in total. The summed E-state index contributed by atoms with van der Waals surface area (Å²) in [5.41, 5.74) is 0.204. The van der Waals surface area contributed by atoms with E-state index >= 15 is 0 Å². The molecule has 2 unspecified atom stereocenters. The predicted molar refractivity (Wildman–Crippen MR) is 96.2 cm³/mol. The molecule has 146 valence electrons. The van der Waals surface area contributed by atoms with Crippen molar-refractivity contribution in [3.8, 4) is 5.75 Å². The van der Waals surface area contributed by atoms with Gasteiger partial charge in [0.2, 0.25) is 5.91 Å². The number of hydrogen-bond donors (Lipinski definition) is 2. The first kappa shape index (κ1) is 21.1. The number of rotatable bonds is 5. The zero-order chi connectivity index (χ0) is 18.0. The van der Waals surface area contributed by atoms with E-state index in [2.05, 4.69) is 10.6 Å². The number of carbonyl (C=O) groups excluding carboxylic acids is 1. The van der Waals surface area contributed by atoms with Crippen LogP contribution in [0.4, 0.5) is 18.9 Å². The van der Waals surface area contributed by atoms with E-state index in [1.807, 2.05) is 0 Å². The molecule has 2 fully saturated rings. The second kappa shape index (κ2) is 8.67. The molecule has 2 atom stereocenters. The normalized spacial score (nSPS) is 24.7. The molecule has 1 aromatic carbocycles. The van der Waals surface area contributed by atoms with E-state index in [0.29, 0.717) is 24.4 Å². The van der Waals surface area contributed by atoms with E-state index in [0.717, 1.165) is 25.7 Å². The van der Waals surface area contributed by atoms with Crippen molar-refractivity contribution >= 4 is 35.6 Å². The van der Waals surface area contributed by atoms with Crippen LogP contribution < -0.4 is 15.4 Å². The molecular formula is C17H21Cl2F3N2O2. The van der Waals surface area contributed by atoms with Gasteiger partial charge in [-0.2, -0.15) is 13.2 Å². The molecule has 2 aliphatic rings. The van der Waals surface area contributed by atoms with Crippen LogP contribution in [-0.4, -0.2) is 30.8 Å². The first-order valence-corrected chi connectivity index (χ1v) is 8.71. The Balaban J connectivity index is 0.00000243. The summed E-state index contributed by atoms with van der Waals surface area (Å²) < 4.78 is 41.9. The molecule has 26 heavy (non-hydrogen) atoms. The number of anilines is 1. The van der Waals surface area contributed by atoms with Crippen LogP contribution in [0, 0.1) is 5.92 Å². The molecule has 2 heterocycles. The van der Waals surface area contributed by atoms with Crippen molar-refractivity contribution in [1.29, 1.82) is 0 Å². The summed E-state index contributed by atoms with van der Waals surface area (Å²) in [6.07, 6.45) is 0.114. The molecule has 0 aliphatic carbocycles. The summed E-state index contributed by atoms with van der Waals surface area (Å²) >= 11 is 5.82. The smallest absolute Gasteiger partial charge is 0.422 e. The van der Waals surface area contributed by atoms with Crippen molar-refractivity contribution in [2.24, 2.45) is 5.92 Å². The number of hydrogen-bond acceptors (Lipinski definition) is 3. The van der Waals surface area contributed by atoms with Crippen molar-refractivity contribution in [3.05, 3.63) is 23.2 Å². The van der Waals surface area contributed by atoms with E-state index in [1.165, 1.54) is 18.2 Å². The van der Waals surface area contributed by atoms with E-state index in [1.54, 1.807) is 0 Å². The summed E-state index contributed by atoms with van der Waals surface area (Å²) in [6.45, 7) is -1.44. The summed E-state index contributed by atoms with van der Waals surface area (Å²) in [4.78, 5) is 12.3. The molecule has 1 aromatic rings. The first-order chi connectivity index (χ1) is 11.8. The van der Waals surface area contributed by atoms with Gasteiger partial charge in [0.05, 0.1) is 5.69 Å². The fraction of sp³-hybridized carbons (Fsp3) is 0.588. The molecule has 0 aromatic heterocycles. The lowest BCUT2D eigenvalue weighted by atomic mass is 9.89. The number of alkyl halides is 3. The largest absolute Gasteiger partial charge is 0.482 e. The summed E-state index contributed by atoms with van der Waals surface area (Å²) in [6, 6.07) is 5.20. The average molecular weight is 413 g/mol. The topological polar surface area (TPSA) is 50.4 Å². The number of nitrogens with one attached hydrogen (secondary N) is 2. The van der Waals surface area contributed by atoms with Gasteiger partial charge in [-0.05, 0) is 43.7 Å². The number of fused-ring (bicyclic) bond motifs is 2. The molecule has 0 spiro atoms. The zero-order valence-electron chi connectivity index (χ0n) is 13.9. The van der Waals surface area contributed by atoms with Gasteiger partial charge in [0.25, 0.3) is 0 Å². The van der Waals surface area contributed by atoms with Crippen molar-refractivity contribution < 1.29 is 22.7 Å². The molecular weight excluding hydrogens is 392 g/mol. The standard InChI is InChI=1S/C17H20ClF3N2O2.ClH/c18-11-1-4-14(15(8-11)25-9-17(19,20)21)23-16(24)7-10-5-12-2-3-13(6-10)22-12;/h1,4,8,10,12-13,22H,2-3,5-7,9H2,(H,23,24);1H. The number of carbonyl (C=O) groups is 1. The van der Waals surface area contributed by atoms with E-state index in [9.17, 15) is 18.0 Å². The number of benzene rings is 1. The van der Waals surface area contributed by atoms with Gasteiger partial charge in [-0.15, -0.1) is 12.4 Å². The molecule has 2 bridgehead atoms. The minimum atomic E-state index is -4.46. The van der Waals surface area contributed by atoms with Crippen molar-refractivity contribution in [1.82, 2.24) is 5.32 Å². The third kappa shape index (κ3) is 5.93. The van der Waals surface area contributed by atoms with E-state index < -0.39 is 12.8 Å². The maximum Gasteiger partial charge on any atom is 0.422 e. The van der Waals surface area contributed by atoms with E-state index in [4.69, 9.17) is 16.3 Å². The highest BCUT2D eigenvalue weighted by Crippen LogP contribution is 2.34. The van der Waals surface area contributed by atoms with Crippen LogP contribution in [0.25, 0.3) is 0 Å². The first-order valence-electron chi connectivity index (χ1n) is 8.33. The fourth-order valence-corrected chi connectivity index (χ4v) is 3.85. The maximum atomic E-state index is 12.4. The van der Waals surface area contributed by atoms with Crippen LogP contribution >= 0.6 is 24.0 Å². The Labute approximate surface area is 161 Å². The highest BCUT2D eigenvalue weighted by atomic mass is 35.5. The van der Waals surface area contributed by atoms with Crippen molar-refractivity contribution in [2.75, 3.05) is 11.9 Å². The molecule has 0 saturated carbocycles. The molecule has 2 aliphatic heterocycles. The lowest BCUT2D eigenvalue weighted by Gasteiger charge is -2.28. The number of halogens is 5. The van der Waals surface area contributed by atoms with Gasteiger partial charge >= 0.3 is 6.18 Å². The fourth-order valence-electron chi connectivity index (χ4n) is 3.68. The zero-order valence-corrected chi connectivity index (χ0v) is 15.5. The Morgan fingerprint density at radius 3 is 2.54 bits per heavy atom. The quantitative estimate of drug-likeness (QED) is 0.744. The lowest BCUT2D eigenvalue weighted by Crippen LogP contribution is -2.39. The second-order valence-corrected chi connectivity index (χ2v) is 7.21. The van der Waals surface area contributed by atoms with Gasteiger partial charge in [-0.3, -0.25) is 4.79 Å². The van der Waals surface area contributed by atoms with Gasteiger partial charge in [0.15, 0.2) is 6.61 Å². The molecule has 2 saturated heterocycles. The molecule has 2 N–H and O–H groups in total. The maximum absolute atomic E-state index is 12.4. The van der Waals surface area contributed by atoms with Crippen LogP contribution in [0.15, 0.2) is 18.2 Å². The lowest BCUT2D eigenvalue weighted by molar-refractivity contribution is -0.153. The summed E-state index contributed by atoms with van der Waals surface area (Å²) in [7, 11) is 0. The van der Waals surface area contributed by atoms with Gasteiger partial charge < -0.3 is 15.4 Å². The SMILES string of the molecule is Cl.O=C(CC1CC2CCC(C1)N2)Nc1ccc(Cl)cc1OCC(F)(F)F. The van der Waals surface area contributed by atoms with Gasteiger partial charge in [-0.25, -0.2) is 0 Å². The van der Waals surface area contributed by atoms with Gasteiger partial charge in [-0.1, -0.05) is 11.6 Å². The molecule has 0 radical (unpaired) electrons. The highest BCUT2D eigenvalue weighted by molar-refractivity contribution is 6.30. The molecule has 1 amide bonds. The minimum absolute atomic E-state index is 0. The summed E-state index contributed by atoms with van der Waals surface area (Å²) in [5.74, 6) is -0.000342. The second-order valence-electron chi connectivity index (χ2n) is 6.77. The highest BCUT2D eigenvalue weighted by Gasteiger charge is 2.34. The summed E-state index contributed by atoms with van der Waals surface area (Å²) in [5, 5.41) is 6.42. The Bertz CT molecular complexity index is 631. The Morgan fingerprint density at radius 2 is 1.92 bits per heavy atom. The Hall–Kier alpha value is -1.18. The van der Waals surface area contributed by atoms with Crippen LogP contribution in [0.5, 0.6) is 5.75 Å². The van der Waals surface area contributed by atoms with Crippen molar-refractivity contribution in [3.63, 3.8) is 0 Å². The minimum Gasteiger partial charge on any atom is -0.482 e. The molecule has 9 heteroatoms. The van der Waals surface area contributed by atoms with E-state index in [-0.39, 0.29) is 34.8 Å². The predicted octanol–water partition coefficient (Wildman–Crippen LogP) is 4.56. The average Bonchev–Trinajstić information content (AvgIpc) is 2.85. The Kier molecular flexibility index (Phi) is 7.05. The molecule has 3 rings (SSSR count). The monoisotopic (exact) mass is 412 g/mol. The third-order valence-electron chi connectivity index (χ3n) is 4.65. The van der Waals surface area contributed by atoms with Crippen LogP contribution in [0.3, 0.4) is 0 Å².